The highest BCUT2D eigenvalue weighted by Gasteiger charge is 2.35. The average molecular weight is 698 g/mol. The van der Waals surface area contributed by atoms with Crippen molar-refractivity contribution < 1.29 is 14.3 Å². The largest absolute Gasteiger partial charge is 0.493 e. The number of amidine groups is 1. The van der Waals surface area contributed by atoms with Crippen molar-refractivity contribution in [2.24, 2.45) is 4.99 Å². The summed E-state index contributed by atoms with van der Waals surface area (Å²) in [5.74, 6) is 1.55. The third-order valence-electron chi connectivity index (χ3n) is 9.71. The number of carbonyl (C=O) groups is 1. The number of anilines is 1. The summed E-state index contributed by atoms with van der Waals surface area (Å²) in [6.07, 6.45) is 3.96. The van der Waals surface area contributed by atoms with Crippen molar-refractivity contribution in [1.29, 1.82) is 0 Å². The Kier molecular flexibility index (Phi) is 9.09. The molecule has 3 aliphatic heterocycles. The van der Waals surface area contributed by atoms with E-state index in [9.17, 15) is 4.79 Å². The van der Waals surface area contributed by atoms with E-state index in [4.69, 9.17) is 26.1 Å². The summed E-state index contributed by atoms with van der Waals surface area (Å²) in [5.41, 5.74) is 9.19. The topological polar surface area (TPSA) is 63.2 Å². The van der Waals surface area contributed by atoms with Crippen LogP contribution in [0.3, 0.4) is 0 Å². The van der Waals surface area contributed by atoms with Gasteiger partial charge in [-0.05, 0) is 88.8 Å². The molecule has 50 heavy (non-hydrogen) atoms. The molecule has 5 aromatic carbocycles. The zero-order valence-corrected chi connectivity index (χ0v) is 29.2. The van der Waals surface area contributed by atoms with E-state index in [-0.39, 0.29) is 17.7 Å². The van der Waals surface area contributed by atoms with Gasteiger partial charge in [0.1, 0.15) is 6.61 Å². The van der Waals surface area contributed by atoms with Gasteiger partial charge in [0.15, 0.2) is 16.7 Å². The maximum atomic E-state index is 13.2. The molecule has 0 radical (unpaired) electrons. The van der Waals surface area contributed by atoms with Crippen molar-refractivity contribution in [2.45, 2.75) is 31.3 Å². The number of amides is 1. The quantitative estimate of drug-likeness (QED) is 0.164. The van der Waals surface area contributed by atoms with Crippen LogP contribution in [0.1, 0.15) is 58.1 Å². The first-order chi connectivity index (χ1) is 24.5. The molecule has 3 heterocycles. The Balaban J connectivity index is 1.10. The van der Waals surface area contributed by atoms with Gasteiger partial charge in [0.05, 0.1) is 17.7 Å². The van der Waals surface area contributed by atoms with Gasteiger partial charge in [0, 0.05) is 41.2 Å². The SMILES string of the molecule is COc1cc(/C=C2\SC(=Nc3cc4c5c(c3)[C@@H](c3ccccc3)CCN5CC[C@@H]4c3ccccc3)NC2=O)ccc1OCc1ccccc1Cl. The molecule has 0 aliphatic carbocycles. The molecule has 3 aliphatic rings. The lowest BCUT2D eigenvalue weighted by Gasteiger charge is -2.43. The molecular weight excluding hydrogens is 662 g/mol. The predicted molar refractivity (Wildman–Crippen MR) is 204 cm³/mol. The van der Waals surface area contributed by atoms with E-state index in [1.54, 1.807) is 7.11 Å². The lowest BCUT2D eigenvalue weighted by atomic mass is 9.76. The molecule has 0 spiro atoms. The first-order valence-electron chi connectivity index (χ1n) is 16.9. The van der Waals surface area contributed by atoms with Gasteiger partial charge in [-0.1, -0.05) is 96.5 Å². The number of halogens is 1. The molecule has 6 nitrogen and oxygen atoms in total. The summed E-state index contributed by atoms with van der Waals surface area (Å²) in [4.78, 5) is 21.4. The number of nitrogens with zero attached hydrogens (tertiary/aromatic N) is 2. The Hall–Kier alpha value is -4.98. The molecule has 0 bridgehead atoms. The normalized spacial score (nSPS) is 19.7. The minimum atomic E-state index is -0.179. The van der Waals surface area contributed by atoms with Gasteiger partial charge in [0.2, 0.25) is 0 Å². The number of hydrogen-bond acceptors (Lipinski definition) is 6. The Labute approximate surface area is 301 Å². The number of methoxy groups -OCH3 is 1. The smallest absolute Gasteiger partial charge is 0.264 e. The number of carbonyl (C=O) groups excluding carboxylic acids is 1. The lowest BCUT2D eigenvalue weighted by Crippen LogP contribution is -2.37. The summed E-state index contributed by atoms with van der Waals surface area (Å²) in [6.45, 7) is 2.39. The van der Waals surface area contributed by atoms with Crippen LogP contribution in [0.25, 0.3) is 6.08 Å². The molecule has 5 aromatic rings. The Morgan fingerprint density at radius 1 is 0.840 bits per heavy atom. The number of ether oxygens (including phenoxy) is 2. The zero-order valence-electron chi connectivity index (χ0n) is 27.6. The average Bonchev–Trinajstić information content (AvgIpc) is 3.49. The standard InChI is InChI=1S/C42H36ClN3O3S/c1-48-38-22-27(16-17-37(38)49-26-30-14-8-9-15-36(30)43)23-39-41(47)45-42(50-39)44-31-24-34-32(28-10-4-2-5-11-28)18-20-46-21-19-33(35(25-31)40(34)46)29-12-6-3-7-13-29/h2-17,22-25,32-33H,18-21,26H2,1H3,(H,44,45,47)/b39-23-/t32-,33-/m1/s1. The van der Waals surface area contributed by atoms with E-state index in [2.05, 4.69) is 83.0 Å². The van der Waals surface area contributed by atoms with Crippen LogP contribution in [-0.4, -0.2) is 31.3 Å². The van der Waals surface area contributed by atoms with Gasteiger partial charge >= 0.3 is 0 Å². The molecule has 0 saturated carbocycles. The van der Waals surface area contributed by atoms with Crippen LogP contribution in [0.5, 0.6) is 11.5 Å². The highest BCUT2D eigenvalue weighted by molar-refractivity contribution is 8.18. The Morgan fingerprint density at radius 2 is 1.48 bits per heavy atom. The summed E-state index contributed by atoms with van der Waals surface area (Å²) < 4.78 is 11.7. The van der Waals surface area contributed by atoms with Crippen LogP contribution in [0.4, 0.5) is 11.4 Å². The van der Waals surface area contributed by atoms with Gasteiger partial charge < -0.3 is 19.7 Å². The van der Waals surface area contributed by atoms with Crippen LogP contribution in [-0.2, 0) is 11.4 Å². The van der Waals surface area contributed by atoms with Crippen LogP contribution in [0, 0.1) is 0 Å². The molecule has 2 atom stereocenters. The van der Waals surface area contributed by atoms with Crippen molar-refractivity contribution >= 4 is 51.9 Å². The van der Waals surface area contributed by atoms with Gasteiger partial charge in [-0.2, -0.15) is 0 Å². The second-order valence-electron chi connectivity index (χ2n) is 12.7. The maximum Gasteiger partial charge on any atom is 0.264 e. The summed E-state index contributed by atoms with van der Waals surface area (Å²) in [7, 11) is 1.60. The van der Waals surface area contributed by atoms with E-state index >= 15 is 0 Å². The van der Waals surface area contributed by atoms with Crippen LogP contribution < -0.4 is 19.7 Å². The van der Waals surface area contributed by atoms with E-state index < -0.39 is 0 Å². The molecule has 1 fully saturated rings. The number of nitrogens with one attached hydrogen (secondary N) is 1. The van der Waals surface area contributed by atoms with Gasteiger partial charge in [-0.25, -0.2) is 4.99 Å². The second kappa shape index (κ2) is 14.1. The zero-order chi connectivity index (χ0) is 34.0. The van der Waals surface area contributed by atoms with Crippen molar-refractivity contribution in [3.8, 4) is 11.5 Å². The summed E-state index contributed by atoms with van der Waals surface area (Å²) in [5, 5.41) is 4.23. The van der Waals surface area contributed by atoms with Crippen LogP contribution in [0.2, 0.25) is 5.02 Å². The summed E-state index contributed by atoms with van der Waals surface area (Å²) >= 11 is 7.66. The van der Waals surface area contributed by atoms with Crippen molar-refractivity contribution in [2.75, 3.05) is 25.1 Å². The molecule has 250 valence electrons. The first-order valence-corrected chi connectivity index (χ1v) is 18.1. The highest BCUT2D eigenvalue weighted by Crippen LogP contribution is 2.50. The van der Waals surface area contributed by atoms with Gasteiger partial charge in [0.25, 0.3) is 5.91 Å². The van der Waals surface area contributed by atoms with Crippen molar-refractivity contribution in [3.63, 3.8) is 0 Å². The number of hydrogen-bond donors (Lipinski definition) is 1. The lowest BCUT2D eigenvalue weighted by molar-refractivity contribution is -0.115. The first kappa shape index (κ1) is 32.2. The van der Waals surface area contributed by atoms with E-state index in [0.717, 1.165) is 42.7 Å². The molecule has 0 aromatic heterocycles. The van der Waals surface area contributed by atoms with Gasteiger partial charge in [-0.3, -0.25) is 4.79 Å². The van der Waals surface area contributed by atoms with Crippen molar-refractivity contribution in [1.82, 2.24) is 5.32 Å². The fraction of sp³-hybridized carbons (Fsp3) is 0.190. The highest BCUT2D eigenvalue weighted by atomic mass is 35.5. The number of aliphatic imine (C=N–C) groups is 1. The van der Waals surface area contributed by atoms with Crippen LogP contribution in [0.15, 0.2) is 125 Å². The van der Waals surface area contributed by atoms with Gasteiger partial charge in [-0.15, -0.1) is 0 Å². The maximum absolute atomic E-state index is 13.2. The molecule has 0 unspecified atom stereocenters. The number of rotatable bonds is 8. The second-order valence-corrected chi connectivity index (χ2v) is 14.2. The number of thioether (sulfide) groups is 1. The third kappa shape index (κ3) is 6.51. The van der Waals surface area contributed by atoms with Crippen molar-refractivity contribution in [3.05, 3.63) is 159 Å². The van der Waals surface area contributed by atoms with E-state index in [1.165, 1.54) is 39.7 Å². The fourth-order valence-corrected chi connectivity index (χ4v) is 8.35. The monoisotopic (exact) mass is 697 g/mol. The van der Waals surface area contributed by atoms with E-state index in [0.29, 0.717) is 33.2 Å². The number of benzene rings is 5. The van der Waals surface area contributed by atoms with Crippen LogP contribution >= 0.6 is 23.4 Å². The predicted octanol–water partition coefficient (Wildman–Crippen LogP) is 9.70. The molecule has 8 rings (SSSR count). The minimum Gasteiger partial charge on any atom is -0.493 e. The fourth-order valence-electron chi connectivity index (χ4n) is 7.32. The molecule has 1 amide bonds. The van der Waals surface area contributed by atoms with E-state index in [1.807, 2.05) is 48.5 Å². The Morgan fingerprint density at radius 3 is 2.12 bits per heavy atom. The summed E-state index contributed by atoms with van der Waals surface area (Å²) in [6, 6.07) is 39.3. The molecule has 1 N–H and O–H groups in total. The molecule has 8 heteroatoms. The minimum absolute atomic E-state index is 0.179. The Bertz CT molecular complexity index is 2050. The molecule has 1 saturated heterocycles. The third-order valence-corrected chi connectivity index (χ3v) is 11.0. The molecular formula is C42H36ClN3O3S.